The van der Waals surface area contributed by atoms with Gasteiger partial charge in [0.25, 0.3) is 0 Å². The first-order chi connectivity index (χ1) is 10.1. The summed E-state index contributed by atoms with van der Waals surface area (Å²) in [5, 5.41) is 9.28. The first kappa shape index (κ1) is 17.6. The molecular weight excluding hydrogens is 288 g/mol. The summed E-state index contributed by atoms with van der Waals surface area (Å²) in [5.41, 5.74) is 1.25. The second-order valence-electron chi connectivity index (χ2n) is 4.53. The highest BCUT2D eigenvalue weighted by Crippen LogP contribution is 2.20. The molecule has 0 spiro atoms. The molecule has 0 aliphatic rings. The fourth-order valence-electron chi connectivity index (χ4n) is 2.04. The summed E-state index contributed by atoms with van der Waals surface area (Å²) in [5.74, 6) is -0.904. The van der Waals surface area contributed by atoms with Gasteiger partial charge in [0, 0.05) is 32.9 Å². The van der Waals surface area contributed by atoms with Crippen LogP contribution in [0.25, 0.3) is 6.08 Å². The van der Waals surface area contributed by atoms with Crippen LogP contribution in [0.1, 0.15) is 18.4 Å². The van der Waals surface area contributed by atoms with Crippen molar-refractivity contribution in [1.82, 2.24) is 0 Å². The largest absolute Gasteiger partial charge is 0.500 e. The average molecular weight is 310 g/mol. The maximum Gasteiger partial charge on any atom is 0.500 e. The van der Waals surface area contributed by atoms with Crippen LogP contribution in [-0.2, 0) is 18.1 Å². The molecule has 6 heteroatoms. The molecule has 116 valence electrons. The maximum absolute atomic E-state index is 11.3. The molecule has 0 aliphatic carbocycles. The van der Waals surface area contributed by atoms with Crippen molar-refractivity contribution in [1.29, 1.82) is 0 Å². The lowest BCUT2D eigenvalue weighted by molar-refractivity contribution is -0.132. The summed E-state index contributed by atoms with van der Waals surface area (Å²) in [6.45, 7) is 0. The molecule has 0 unspecified atom stereocenters. The van der Waals surface area contributed by atoms with Crippen LogP contribution in [0.2, 0.25) is 6.04 Å². The number of carbonyl (C=O) groups is 1. The Morgan fingerprint density at radius 1 is 1.14 bits per heavy atom. The van der Waals surface area contributed by atoms with Gasteiger partial charge < -0.3 is 18.4 Å². The first-order valence-electron chi connectivity index (χ1n) is 6.71. The van der Waals surface area contributed by atoms with E-state index in [2.05, 4.69) is 0 Å². The molecule has 0 bridgehead atoms. The van der Waals surface area contributed by atoms with E-state index in [0.29, 0.717) is 24.5 Å². The molecule has 1 aromatic rings. The zero-order valence-corrected chi connectivity index (χ0v) is 13.7. The summed E-state index contributed by atoms with van der Waals surface area (Å²) >= 11 is 0. The Morgan fingerprint density at radius 3 is 2.19 bits per heavy atom. The van der Waals surface area contributed by atoms with Crippen molar-refractivity contribution >= 4 is 20.8 Å². The molecule has 0 saturated carbocycles. The lowest BCUT2D eigenvalue weighted by Gasteiger charge is -2.24. The average Bonchev–Trinajstić information content (AvgIpc) is 2.52. The number of benzene rings is 1. The Labute approximate surface area is 126 Å². The molecule has 0 atom stereocenters. The summed E-state index contributed by atoms with van der Waals surface area (Å²) in [6, 6.07) is 9.99. The SMILES string of the molecule is CO[Si](CCCC(=Cc1ccccc1)C(=O)O)(OC)OC. The first-order valence-corrected chi connectivity index (χ1v) is 8.64. The highest BCUT2D eigenvalue weighted by molar-refractivity contribution is 6.60. The summed E-state index contributed by atoms with van der Waals surface area (Å²) in [4.78, 5) is 11.3. The van der Waals surface area contributed by atoms with E-state index in [1.807, 2.05) is 30.3 Å². The lowest BCUT2D eigenvalue weighted by Crippen LogP contribution is -2.42. The predicted molar refractivity (Wildman–Crippen MR) is 82.9 cm³/mol. The van der Waals surface area contributed by atoms with Crippen LogP contribution >= 0.6 is 0 Å². The van der Waals surface area contributed by atoms with E-state index in [0.717, 1.165) is 5.56 Å². The van der Waals surface area contributed by atoms with Crippen LogP contribution in [0, 0.1) is 0 Å². The third-order valence-electron chi connectivity index (χ3n) is 3.28. The van der Waals surface area contributed by atoms with Crippen LogP contribution in [0.5, 0.6) is 0 Å². The molecule has 1 aromatic carbocycles. The van der Waals surface area contributed by atoms with E-state index in [1.165, 1.54) is 0 Å². The number of hydrogen-bond donors (Lipinski definition) is 1. The molecule has 21 heavy (non-hydrogen) atoms. The van der Waals surface area contributed by atoms with Crippen LogP contribution in [0.4, 0.5) is 0 Å². The Kier molecular flexibility index (Phi) is 7.31. The van der Waals surface area contributed by atoms with Crippen LogP contribution in [0.3, 0.4) is 0 Å². The third-order valence-corrected chi connectivity index (χ3v) is 6.11. The molecule has 1 N–H and O–H groups in total. The van der Waals surface area contributed by atoms with Crippen molar-refractivity contribution in [2.24, 2.45) is 0 Å². The Bertz CT molecular complexity index is 460. The Balaban J connectivity index is 2.69. The standard InChI is InChI=1S/C15H22O5Si/c1-18-21(19-2,20-3)11-7-10-14(15(16)17)12-13-8-5-4-6-9-13/h4-6,8-9,12H,7,10-11H2,1-3H3,(H,16,17). The number of rotatable bonds is 9. The molecule has 0 aromatic heterocycles. The molecule has 0 aliphatic heterocycles. The summed E-state index contributed by atoms with van der Waals surface area (Å²) in [6.07, 6.45) is 2.76. The molecule has 0 amide bonds. The van der Waals surface area contributed by atoms with Gasteiger partial charge in [-0.1, -0.05) is 30.3 Å². The van der Waals surface area contributed by atoms with Crippen molar-refractivity contribution in [3.05, 3.63) is 41.5 Å². The number of hydrogen-bond acceptors (Lipinski definition) is 4. The van der Waals surface area contributed by atoms with Crippen molar-refractivity contribution in [2.75, 3.05) is 21.3 Å². The third kappa shape index (κ3) is 5.43. The highest BCUT2D eigenvalue weighted by atomic mass is 28.4. The number of carboxylic acids is 1. The number of aliphatic carboxylic acids is 1. The molecule has 5 nitrogen and oxygen atoms in total. The minimum Gasteiger partial charge on any atom is -0.478 e. The van der Waals surface area contributed by atoms with E-state index in [9.17, 15) is 9.90 Å². The monoisotopic (exact) mass is 310 g/mol. The van der Waals surface area contributed by atoms with Crippen LogP contribution in [0.15, 0.2) is 35.9 Å². The van der Waals surface area contributed by atoms with Gasteiger partial charge in [-0.15, -0.1) is 0 Å². The molecule has 0 heterocycles. The molecule has 1 rings (SSSR count). The number of carboxylic acid groups (broad SMARTS) is 1. The quantitative estimate of drug-likeness (QED) is 0.561. The van der Waals surface area contributed by atoms with Gasteiger partial charge in [-0.2, -0.15) is 0 Å². The predicted octanol–water partition coefficient (Wildman–Crippen LogP) is 2.81. The summed E-state index contributed by atoms with van der Waals surface area (Å²) in [7, 11) is 2.03. The van der Waals surface area contributed by atoms with Gasteiger partial charge in [0.1, 0.15) is 0 Å². The van der Waals surface area contributed by atoms with Gasteiger partial charge in [-0.05, 0) is 24.5 Å². The van der Waals surface area contributed by atoms with Gasteiger partial charge >= 0.3 is 14.8 Å². The van der Waals surface area contributed by atoms with Crippen LogP contribution in [-0.4, -0.2) is 41.2 Å². The van der Waals surface area contributed by atoms with E-state index < -0.39 is 14.8 Å². The molecular formula is C15H22O5Si. The maximum atomic E-state index is 11.3. The second kappa shape index (κ2) is 8.73. The lowest BCUT2D eigenvalue weighted by atomic mass is 10.1. The summed E-state index contributed by atoms with van der Waals surface area (Å²) < 4.78 is 16.0. The van der Waals surface area contributed by atoms with E-state index in [4.69, 9.17) is 13.3 Å². The Morgan fingerprint density at radius 2 is 1.71 bits per heavy atom. The topological polar surface area (TPSA) is 65.0 Å². The van der Waals surface area contributed by atoms with Crippen molar-refractivity contribution in [3.8, 4) is 0 Å². The van der Waals surface area contributed by atoms with E-state index in [1.54, 1.807) is 27.4 Å². The molecule has 0 saturated heterocycles. The van der Waals surface area contributed by atoms with Crippen LogP contribution < -0.4 is 0 Å². The van der Waals surface area contributed by atoms with Crippen molar-refractivity contribution < 1.29 is 23.2 Å². The van der Waals surface area contributed by atoms with Gasteiger partial charge in [0.15, 0.2) is 0 Å². The van der Waals surface area contributed by atoms with Crippen molar-refractivity contribution in [2.45, 2.75) is 18.9 Å². The molecule has 0 fully saturated rings. The van der Waals surface area contributed by atoms with Gasteiger partial charge in [0.05, 0.1) is 0 Å². The normalized spacial score (nSPS) is 12.4. The minimum atomic E-state index is -2.63. The van der Waals surface area contributed by atoms with Gasteiger partial charge in [0.2, 0.25) is 0 Å². The van der Waals surface area contributed by atoms with Gasteiger partial charge in [-0.25, -0.2) is 4.79 Å². The second-order valence-corrected chi connectivity index (χ2v) is 7.63. The molecule has 0 radical (unpaired) electrons. The zero-order chi connectivity index (χ0) is 15.7. The fourth-order valence-corrected chi connectivity index (χ4v) is 3.76. The fraction of sp³-hybridized carbons (Fsp3) is 0.400. The minimum absolute atomic E-state index is 0.368. The van der Waals surface area contributed by atoms with Crippen molar-refractivity contribution in [3.63, 3.8) is 0 Å². The van der Waals surface area contributed by atoms with E-state index in [-0.39, 0.29) is 0 Å². The van der Waals surface area contributed by atoms with Gasteiger partial charge in [-0.3, -0.25) is 0 Å². The van der Waals surface area contributed by atoms with E-state index >= 15 is 0 Å². The highest BCUT2D eigenvalue weighted by Gasteiger charge is 2.37. The zero-order valence-electron chi connectivity index (χ0n) is 12.7. The Hall–Kier alpha value is -1.47. The smallest absolute Gasteiger partial charge is 0.478 e.